The molecule has 18 heavy (non-hydrogen) atoms. The Morgan fingerprint density at radius 3 is 2.39 bits per heavy atom. The van der Waals surface area contributed by atoms with Gasteiger partial charge in [-0.05, 0) is 18.8 Å². The van der Waals surface area contributed by atoms with E-state index < -0.39 is 0 Å². The van der Waals surface area contributed by atoms with Crippen molar-refractivity contribution in [2.24, 2.45) is 11.7 Å². The summed E-state index contributed by atoms with van der Waals surface area (Å²) >= 11 is 0. The van der Waals surface area contributed by atoms with E-state index in [1.807, 2.05) is 0 Å². The number of hydrogen-bond donors (Lipinski definition) is 1. The lowest BCUT2D eigenvalue weighted by Crippen LogP contribution is -2.27. The maximum Gasteiger partial charge on any atom is 0.243 e. The zero-order chi connectivity index (χ0) is 12.5. The first-order chi connectivity index (χ1) is 7.98. The molecule has 5 nitrogen and oxygen atoms in total. The molecule has 1 unspecified atom stereocenters. The summed E-state index contributed by atoms with van der Waals surface area (Å²) in [5.41, 5.74) is 6.07. The topological polar surface area (TPSA) is 74.2 Å². The number of aromatic nitrogens is 2. The quantitative estimate of drug-likeness (QED) is 0.896. The molecule has 1 aliphatic heterocycles. The SMILES string of the molecule is CC(C)(C)c1noc(C(N)C2CCOCC2)n1.Cl. The average Bonchev–Trinajstić information content (AvgIpc) is 2.78. The molecule has 2 N–H and O–H groups in total. The van der Waals surface area contributed by atoms with E-state index in [-0.39, 0.29) is 23.9 Å². The largest absolute Gasteiger partial charge is 0.381 e. The van der Waals surface area contributed by atoms with E-state index in [1.165, 1.54) is 0 Å². The highest BCUT2D eigenvalue weighted by atomic mass is 35.5. The number of rotatable bonds is 2. The molecule has 0 radical (unpaired) electrons. The van der Waals surface area contributed by atoms with Gasteiger partial charge in [-0.3, -0.25) is 0 Å². The van der Waals surface area contributed by atoms with Gasteiger partial charge in [0.25, 0.3) is 0 Å². The first-order valence-electron chi connectivity index (χ1n) is 6.16. The van der Waals surface area contributed by atoms with Crippen molar-refractivity contribution in [1.82, 2.24) is 10.1 Å². The molecule has 1 aromatic heterocycles. The van der Waals surface area contributed by atoms with Gasteiger partial charge in [0.1, 0.15) is 0 Å². The van der Waals surface area contributed by atoms with Crippen LogP contribution in [0.25, 0.3) is 0 Å². The van der Waals surface area contributed by atoms with Crippen molar-refractivity contribution in [1.29, 1.82) is 0 Å². The Balaban J connectivity index is 0.00000162. The van der Waals surface area contributed by atoms with Crippen molar-refractivity contribution in [3.8, 4) is 0 Å². The van der Waals surface area contributed by atoms with Crippen LogP contribution in [0.4, 0.5) is 0 Å². The van der Waals surface area contributed by atoms with Crippen LogP contribution in [0.3, 0.4) is 0 Å². The maximum atomic E-state index is 6.17. The lowest BCUT2D eigenvalue weighted by molar-refractivity contribution is 0.0546. The normalized spacial score (nSPS) is 19.3. The second-order valence-corrected chi connectivity index (χ2v) is 5.68. The fourth-order valence-corrected chi connectivity index (χ4v) is 1.95. The first kappa shape index (κ1) is 15.4. The van der Waals surface area contributed by atoms with Crippen LogP contribution < -0.4 is 5.73 Å². The third kappa shape index (κ3) is 3.43. The molecule has 6 heteroatoms. The summed E-state index contributed by atoms with van der Waals surface area (Å²) < 4.78 is 10.6. The van der Waals surface area contributed by atoms with Crippen LogP contribution in [0.15, 0.2) is 4.52 Å². The monoisotopic (exact) mass is 275 g/mol. The van der Waals surface area contributed by atoms with Gasteiger partial charge in [-0.2, -0.15) is 4.98 Å². The van der Waals surface area contributed by atoms with E-state index >= 15 is 0 Å². The Morgan fingerprint density at radius 1 is 1.28 bits per heavy atom. The Morgan fingerprint density at radius 2 is 1.89 bits per heavy atom. The zero-order valence-corrected chi connectivity index (χ0v) is 12.0. The second-order valence-electron chi connectivity index (χ2n) is 5.68. The van der Waals surface area contributed by atoms with Gasteiger partial charge in [-0.1, -0.05) is 25.9 Å². The fourth-order valence-electron chi connectivity index (χ4n) is 1.95. The van der Waals surface area contributed by atoms with Crippen molar-refractivity contribution < 1.29 is 9.26 Å². The van der Waals surface area contributed by atoms with Gasteiger partial charge in [-0.15, -0.1) is 12.4 Å². The van der Waals surface area contributed by atoms with Gasteiger partial charge in [-0.25, -0.2) is 0 Å². The van der Waals surface area contributed by atoms with E-state index in [0.29, 0.717) is 11.8 Å². The molecule has 2 rings (SSSR count). The molecule has 0 aliphatic carbocycles. The standard InChI is InChI=1S/C12H21N3O2.ClH/c1-12(2,3)11-14-10(17-15-11)9(13)8-4-6-16-7-5-8;/h8-9H,4-7,13H2,1-3H3;1H. The molecule has 1 fully saturated rings. The third-order valence-electron chi connectivity index (χ3n) is 3.17. The molecular formula is C12H22ClN3O2. The molecule has 1 aromatic rings. The number of nitrogens with two attached hydrogens (primary N) is 1. The highest BCUT2D eigenvalue weighted by Crippen LogP contribution is 2.28. The zero-order valence-electron chi connectivity index (χ0n) is 11.2. The minimum atomic E-state index is -0.164. The Hall–Kier alpha value is -0.650. The summed E-state index contributed by atoms with van der Waals surface area (Å²) in [7, 11) is 0. The molecule has 0 saturated carbocycles. The summed E-state index contributed by atoms with van der Waals surface area (Å²) in [5.74, 6) is 1.66. The van der Waals surface area contributed by atoms with Gasteiger partial charge < -0.3 is 15.0 Å². The van der Waals surface area contributed by atoms with Crippen molar-refractivity contribution in [2.75, 3.05) is 13.2 Å². The molecule has 1 atom stereocenters. The number of ether oxygens (including phenoxy) is 1. The molecule has 104 valence electrons. The second kappa shape index (κ2) is 5.99. The van der Waals surface area contributed by atoms with E-state index in [9.17, 15) is 0 Å². The van der Waals surface area contributed by atoms with Crippen LogP contribution in [0.5, 0.6) is 0 Å². The number of hydrogen-bond acceptors (Lipinski definition) is 5. The lowest BCUT2D eigenvalue weighted by atomic mass is 9.92. The molecule has 0 bridgehead atoms. The molecule has 0 amide bonds. The van der Waals surface area contributed by atoms with Crippen molar-refractivity contribution in [3.63, 3.8) is 0 Å². The Kier molecular flexibility index (Phi) is 5.13. The summed E-state index contributed by atoms with van der Waals surface area (Å²) in [6, 6.07) is -0.164. The summed E-state index contributed by atoms with van der Waals surface area (Å²) in [6.07, 6.45) is 1.93. The van der Waals surface area contributed by atoms with Gasteiger partial charge in [0.05, 0.1) is 6.04 Å². The van der Waals surface area contributed by atoms with E-state index in [4.69, 9.17) is 15.0 Å². The summed E-state index contributed by atoms with van der Waals surface area (Å²) in [6.45, 7) is 7.72. The minimum absolute atomic E-state index is 0. The highest BCUT2D eigenvalue weighted by Gasteiger charge is 2.28. The first-order valence-corrected chi connectivity index (χ1v) is 6.16. The van der Waals surface area contributed by atoms with Gasteiger partial charge in [0.15, 0.2) is 5.82 Å². The summed E-state index contributed by atoms with van der Waals surface area (Å²) in [5, 5.41) is 4.01. The summed E-state index contributed by atoms with van der Waals surface area (Å²) in [4.78, 5) is 4.41. The molecule has 1 saturated heterocycles. The number of nitrogens with zero attached hydrogens (tertiary/aromatic N) is 2. The van der Waals surface area contributed by atoms with Gasteiger partial charge in [0, 0.05) is 18.6 Å². The molecule has 0 aromatic carbocycles. The van der Waals surface area contributed by atoms with Gasteiger partial charge >= 0.3 is 0 Å². The molecule has 0 spiro atoms. The molecular weight excluding hydrogens is 254 g/mol. The molecule has 1 aliphatic rings. The smallest absolute Gasteiger partial charge is 0.243 e. The van der Waals surface area contributed by atoms with E-state index in [1.54, 1.807) is 0 Å². The maximum absolute atomic E-state index is 6.17. The Labute approximate surface area is 114 Å². The van der Waals surface area contributed by atoms with Crippen LogP contribution in [0.2, 0.25) is 0 Å². The predicted octanol–water partition coefficient (Wildman–Crippen LogP) is 2.22. The van der Waals surface area contributed by atoms with Crippen LogP contribution >= 0.6 is 12.4 Å². The van der Waals surface area contributed by atoms with Crippen molar-refractivity contribution in [3.05, 3.63) is 11.7 Å². The van der Waals surface area contributed by atoms with Crippen molar-refractivity contribution >= 4 is 12.4 Å². The van der Waals surface area contributed by atoms with E-state index in [0.717, 1.165) is 31.9 Å². The van der Waals surface area contributed by atoms with Crippen LogP contribution in [0.1, 0.15) is 51.4 Å². The van der Waals surface area contributed by atoms with Crippen LogP contribution in [-0.4, -0.2) is 23.4 Å². The third-order valence-corrected chi connectivity index (χ3v) is 3.17. The number of halogens is 1. The lowest BCUT2D eigenvalue weighted by Gasteiger charge is -2.25. The van der Waals surface area contributed by atoms with Gasteiger partial charge in [0.2, 0.25) is 5.89 Å². The average molecular weight is 276 g/mol. The van der Waals surface area contributed by atoms with Crippen molar-refractivity contribution in [2.45, 2.75) is 45.1 Å². The molecule has 2 heterocycles. The fraction of sp³-hybridized carbons (Fsp3) is 0.833. The van der Waals surface area contributed by atoms with E-state index in [2.05, 4.69) is 30.9 Å². The minimum Gasteiger partial charge on any atom is -0.381 e. The van der Waals surface area contributed by atoms with Crippen LogP contribution in [0, 0.1) is 5.92 Å². The predicted molar refractivity (Wildman–Crippen MR) is 70.7 cm³/mol. The van der Waals surface area contributed by atoms with Crippen LogP contribution in [-0.2, 0) is 10.2 Å². The highest BCUT2D eigenvalue weighted by molar-refractivity contribution is 5.85. The Bertz CT molecular complexity index is 370.